The monoisotopic (exact) mass is 412 g/mol. The Bertz CT molecular complexity index is 1070. The van der Waals surface area contributed by atoms with Crippen molar-refractivity contribution < 1.29 is 4.79 Å². The van der Waals surface area contributed by atoms with Crippen molar-refractivity contribution in [2.24, 2.45) is 0 Å². The van der Waals surface area contributed by atoms with E-state index in [1.54, 1.807) is 6.92 Å². The minimum atomic E-state index is 0.0940. The van der Waals surface area contributed by atoms with Crippen LogP contribution in [-0.2, 0) is 4.79 Å². The number of aryl methyl sites for hydroxylation is 1. The van der Waals surface area contributed by atoms with Gasteiger partial charge in [-0.1, -0.05) is 61.9 Å². The van der Waals surface area contributed by atoms with Gasteiger partial charge in [0.2, 0.25) is 5.91 Å². The zero-order valence-corrected chi connectivity index (χ0v) is 19.1. The van der Waals surface area contributed by atoms with Crippen LogP contribution in [0.15, 0.2) is 66.7 Å². The number of hydrogen-bond acceptors (Lipinski definition) is 2. The number of nitrogens with zero attached hydrogens (tertiary/aromatic N) is 1. The highest BCUT2D eigenvalue weighted by molar-refractivity contribution is 5.94. The van der Waals surface area contributed by atoms with E-state index in [0.717, 1.165) is 17.8 Å². The number of rotatable bonds is 4. The number of carbonyl (C=O) groups excluding carboxylic acids is 1. The first kappa shape index (κ1) is 21.2. The summed E-state index contributed by atoms with van der Waals surface area (Å²) in [5.41, 5.74) is 8.28. The van der Waals surface area contributed by atoms with Crippen LogP contribution in [0.2, 0.25) is 0 Å². The van der Waals surface area contributed by atoms with E-state index in [1.807, 2.05) is 4.90 Å². The molecule has 3 nitrogen and oxygen atoms in total. The molecule has 2 unspecified atom stereocenters. The Hall–Kier alpha value is -3.07. The molecule has 1 aliphatic heterocycles. The summed E-state index contributed by atoms with van der Waals surface area (Å²) in [5, 5.41) is 3.72. The number of benzene rings is 3. The second-order valence-electron chi connectivity index (χ2n) is 9.09. The molecule has 0 aliphatic carbocycles. The minimum absolute atomic E-state index is 0.0940. The summed E-state index contributed by atoms with van der Waals surface area (Å²) >= 11 is 0. The molecule has 3 heteroatoms. The van der Waals surface area contributed by atoms with Gasteiger partial charge in [-0.2, -0.15) is 0 Å². The van der Waals surface area contributed by atoms with E-state index in [4.69, 9.17) is 0 Å². The van der Waals surface area contributed by atoms with E-state index in [-0.39, 0.29) is 18.0 Å². The minimum Gasteiger partial charge on any atom is -0.378 e. The van der Waals surface area contributed by atoms with Crippen LogP contribution >= 0.6 is 0 Å². The first-order chi connectivity index (χ1) is 14.8. The Balaban J connectivity index is 1.74. The van der Waals surface area contributed by atoms with Crippen molar-refractivity contribution in [3.05, 3.63) is 83.4 Å². The van der Waals surface area contributed by atoms with Gasteiger partial charge in [0.25, 0.3) is 0 Å². The smallest absolute Gasteiger partial charge is 0.224 e. The maximum absolute atomic E-state index is 12.4. The van der Waals surface area contributed by atoms with E-state index < -0.39 is 0 Å². The molecule has 1 aliphatic rings. The van der Waals surface area contributed by atoms with Crippen molar-refractivity contribution in [3.8, 4) is 11.1 Å². The Morgan fingerprint density at radius 1 is 0.968 bits per heavy atom. The summed E-state index contributed by atoms with van der Waals surface area (Å²) in [4.78, 5) is 14.4. The third-order valence-electron chi connectivity index (χ3n) is 6.32. The van der Waals surface area contributed by atoms with Gasteiger partial charge >= 0.3 is 0 Å². The summed E-state index contributed by atoms with van der Waals surface area (Å²) < 4.78 is 0. The summed E-state index contributed by atoms with van der Waals surface area (Å²) in [5.74, 6) is 0.614. The van der Waals surface area contributed by atoms with Crippen molar-refractivity contribution >= 4 is 17.3 Å². The molecule has 160 valence electrons. The molecule has 4 rings (SSSR count). The molecular formula is C28H32N2O. The number of nitrogens with one attached hydrogen (secondary N) is 1. The average molecular weight is 413 g/mol. The van der Waals surface area contributed by atoms with Gasteiger partial charge in [-0.25, -0.2) is 0 Å². The fraction of sp³-hybridized carbons (Fsp3) is 0.321. The van der Waals surface area contributed by atoms with Crippen molar-refractivity contribution in [2.75, 3.05) is 10.2 Å². The van der Waals surface area contributed by atoms with Crippen LogP contribution in [0.1, 0.15) is 62.8 Å². The van der Waals surface area contributed by atoms with Crippen LogP contribution in [0.5, 0.6) is 0 Å². The van der Waals surface area contributed by atoms with Crippen LogP contribution in [0.4, 0.5) is 11.4 Å². The predicted molar refractivity (Wildman–Crippen MR) is 131 cm³/mol. The molecule has 1 N–H and O–H groups in total. The number of carbonyl (C=O) groups is 1. The van der Waals surface area contributed by atoms with Gasteiger partial charge in [-0.15, -0.1) is 0 Å². The molecule has 0 aromatic heterocycles. The predicted octanol–water partition coefficient (Wildman–Crippen LogP) is 7.08. The average Bonchev–Trinajstić information content (AvgIpc) is 2.75. The van der Waals surface area contributed by atoms with Crippen LogP contribution < -0.4 is 10.2 Å². The summed E-state index contributed by atoms with van der Waals surface area (Å²) in [6.45, 7) is 10.3. The Morgan fingerprint density at radius 3 is 2.23 bits per heavy atom. The van der Waals surface area contributed by atoms with Crippen LogP contribution in [-0.4, -0.2) is 11.9 Å². The molecule has 2 atom stereocenters. The van der Waals surface area contributed by atoms with Gasteiger partial charge in [0.15, 0.2) is 0 Å². The fourth-order valence-electron chi connectivity index (χ4n) is 4.57. The molecule has 3 aromatic carbocycles. The van der Waals surface area contributed by atoms with Crippen LogP contribution in [0.3, 0.4) is 0 Å². The first-order valence-electron chi connectivity index (χ1n) is 11.2. The molecule has 0 bridgehead atoms. The number of fused-ring (bicyclic) bond motifs is 1. The zero-order chi connectivity index (χ0) is 22.1. The lowest BCUT2D eigenvalue weighted by Crippen LogP contribution is -2.43. The van der Waals surface area contributed by atoms with E-state index in [0.29, 0.717) is 5.92 Å². The van der Waals surface area contributed by atoms with Gasteiger partial charge in [0, 0.05) is 24.3 Å². The number of anilines is 2. The molecule has 0 saturated carbocycles. The van der Waals surface area contributed by atoms with E-state index in [1.165, 1.54) is 27.8 Å². The SMILES string of the molecule is CC(=O)N1c2ccc(-c3ccc(C(C)C)cc3)cc2C(Nc2ccc(C)cc2)CC1C. The normalized spacial score (nSPS) is 18.1. The standard InChI is InChI=1S/C28H32N2O/c1-18(2)22-8-10-23(11-9-22)24-12-15-28-26(17-24)27(16-20(4)30(28)21(5)31)29-25-13-6-19(3)7-14-25/h6-15,17-18,20,27,29H,16H2,1-5H3. The molecule has 1 heterocycles. The van der Waals surface area contributed by atoms with E-state index in [9.17, 15) is 4.79 Å². The maximum atomic E-state index is 12.4. The van der Waals surface area contributed by atoms with E-state index >= 15 is 0 Å². The quantitative estimate of drug-likeness (QED) is 0.496. The second kappa shape index (κ2) is 8.58. The third-order valence-corrected chi connectivity index (χ3v) is 6.32. The summed E-state index contributed by atoms with van der Waals surface area (Å²) in [6, 6.07) is 24.2. The molecule has 0 spiro atoms. The van der Waals surface area contributed by atoms with Crippen molar-refractivity contribution in [3.63, 3.8) is 0 Å². The molecule has 3 aromatic rings. The third kappa shape index (κ3) is 4.36. The van der Waals surface area contributed by atoms with Crippen molar-refractivity contribution in [1.82, 2.24) is 0 Å². The molecule has 0 radical (unpaired) electrons. The highest BCUT2D eigenvalue weighted by atomic mass is 16.2. The van der Waals surface area contributed by atoms with Gasteiger partial charge in [0.05, 0.1) is 6.04 Å². The molecule has 0 fully saturated rings. The largest absolute Gasteiger partial charge is 0.378 e. The molecule has 31 heavy (non-hydrogen) atoms. The van der Waals surface area contributed by atoms with Crippen LogP contribution in [0.25, 0.3) is 11.1 Å². The van der Waals surface area contributed by atoms with Gasteiger partial charge in [-0.05, 0) is 72.7 Å². The highest BCUT2D eigenvalue weighted by Gasteiger charge is 2.32. The summed E-state index contributed by atoms with van der Waals surface area (Å²) in [6.07, 6.45) is 0.871. The lowest BCUT2D eigenvalue weighted by atomic mass is 9.88. The van der Waals surface area contributed by atoms with Crippen molar-refractivity contribution in [2.45, 2.75) is 59.0 Å². The molecule has 0 saturated heterocycles. The van der Waals surface area contributed by atoms with Gasteiger partial charge in [-0.3, -0.25) is 4.79 Å². The Kier molecular flexibility index (Phi) is 5.86. The fourth-order valence-corrected chi connectivity index (χ4v) is 4.57. The Morgan fingerprint density at radius 2 is 1.61 bits per heavy atom. The topological polar surface area (TPSA) is 32.3 Å². The van der Waals surface area contributed by atoms with Gasteiger partial charge < -0.3 is 10.2 Å². The highest BCUT2D eigenvalue weighted by Crippen LogP contribution is 2.41. The van der Waals surface area contributed by atoms with Crippen LogP contribution in [0, 0.1) is 6.92 Å². The molecule has 1 amide bonds. The number of hydrogen-bond donors (Lipinski definition) is 1. The van der Waals surface area contributed by atoms with E-state index in [2.05, 4.69) is 99.7 Å². The lowest BCUT2D eigenvalue weighted by Gasteiger charge is -2.39. The first-order valence-corrected chi connectivity index (χ1v) is 11.2. The number of amides is 1. The summed E-state index contributed by atoms with van der Waals surface area (Å²) in [7, 11) is 0. The lowest BCUT2D eigenvalue weighted by molar-refractivity contribution is -0.117. The van der Waals surface area contributed by atoms with Gasteiger partial charge in [0.1, 0.15) is 0 Å². The molecular weight excluding hydrogens is 380 g/mol. The maximum Gasteiger partial charge on any atom is 0.224 e. The Labute approximate surface area is 186 Å². The second-order valence-corrected chi connectivity index (χ2v) is 9.09. The zero-order valence-electron chi connectivity index (χ0n) is 19.1. The van der Waals surface area contributed by atoms with Crippen molar-refractivity contribution in [1.29, 1.82) is 0 Å².